The van der Waals surface area contributed by atoms with Gasteiger partial charge >= 0.3 is 11.9 Å². The summed E-state index contributed by atoms with van der Waals surface area (Å²) in [7, 11) is 0. The molecule has 1 heterocycles. The highest BCUT2D eigenvalue weighted by molar-refractivity contribution is 5.89. The maximum absolute atomic E-state index is 12.0. The van der Waals surface area contributed by atoms with E-state index in [1.54, 1.807) is 13.8 Å². The molecule has 6 heteroatoms. The van der Waals surface area contributed by atoms with Crippen LogP contribution in [0.25, 0.3) is 0 Å². The molecule has 1 aliphatic rings. The Balaban J connectivity index is 2.53. The SMILES string of the molecule is CCCCCCC(OC(=O)[C@@H]1CCC(=O)N1)C(=O)OC(C)C. The maximum Gasteiger partial charge on any atom is 0.347 e. The van der Waals surface area contributed by atoms with Crippen molar-refractivity contribution in [2.45, 2.75) is 84.0 Å². The van der Waals surface area contributed by atoms with Gasteiger partial charge in [0.1, 0.15) is 6.04 Å². The Morgan fingerprint density at radius 2 is 1.95 bits per heavy atom. The molecule has 0 spiro atoms. The highest BCUT2D eigenvalue weighted by atomic mass is 16.6. The quantitative estimate of drug-likeness (QED) is 0.521. The molecular formula is C16H27NO5. The van der Waals surface area contributed by atoms with Crippen LogP contribution >= 0.6 is 0 Å². The van der Waals surface area contributed by atoms with Gasteiger partial charge in [-0.2, -0.15) is 0 Å². The highest BCUT2D eigenvalue weighted by Crippen LogP contribution is 2.15. The van der Waals surface area contributed by atoms with Gasteiger partial charge in [0.2, 0.25) is 5.91 Å². The summed E-state index contributed by atoms with van der Waals surface area (Å²) in [6.45, 7) is 5.61. The number of esters is 2. The van der Waals surface area contributed by atoms with Crippen molar-refractivity contribution >= 4 is 17.8 Å². The number of rotatable bonds is 9. The van der Waals surface area contributed by atoms with Gasteiger partial charge in [-0.15, -0.1) is 0 Å². The third-order valence-corrected chi connectivity index (χ3v) is 3.47. The van der Waals surface area contributed by atoms with Crippen molar-refractivity contribution in [3.63, 3.8) is 0 Å². The Labute approximate surface area is 131 Å². The van der Waals surface area contributed by atoms with Crippen LogP contribution in [0.4, 0.5) is 0 Å². The Morgan fingerprint density at radius 3 is 2.50 bits per heavy atom. The summed E-state index contributed by atoms with van der Waals surface area (Å²) in [4.78, 5) is 35.2. The summed E-state index contributed by atoms with van der Waals surface area (Å²) in [5, 5.41) is 2.55. The van der Waals surface area contributed by atoms with Crippen molar-refractivity contribution in [2.75, 3.05) is 0 Å². The average Bonchev–Trinajstić information content (AvgIpc) is 2.88. The molecule has 0 saturated carbocycles. The first-order valence-corrected chi connectivity index (χ1v) is 8.14. The molecule has 1 saturated heterocycles. The summed E-state index contributed by atoms with van der Waals surface area (Å²) >= 11 is 0. The standard InChI is InChI=1S/C16H27NO5/c1-4-5-6-7-8-13(16(20)21-11(2)3)22-15(19)12-9-10-14(18)17-12/h11-13H,4-10H2,1-3H3,(H,17,18)/t12-,13?/m0/s1. The minimum Gasteiger partial charge on any atom is -0.460 e. The van der Waals surface area contributed by atoms with Gasteiger partial charge in [0, 0.05) is 6.42 Å². The zero-order chi connectivity index (χ0) is 16.5. The zero-order valence-corrected chi connectivity index (χ0v) is 13.7. The fourth-order valence-electron chi connectivity index (χ4n) is 2.30. The van der Waals surface area contributed by atoms with E-state index < -0.39 is 24.1 Å². The first kappa shape index (κ1) is 18.5. The number of amides is 1. The number of nitrogens with one attached hydrogen (secondary N) is 1. The number of hydrogen-bond acceptors (Lipinski definition) is 5. The Hall–Kier alpha value is -1.59. The summed E-state index contributed by atoms with van der Waals surface area (Å²) in [5.74, 6) is -1.22. The molecule has 1 N–H and O–H groups in total. The topological polar surface area (TPSA) is 81.7 Å². The lowest BCUT2D eigenvalue weighted by Gasteiger charge is -2.20. The molecule has 1 fully saturated rings. The first-order valence-electron chi connectivity index (χ1n) is 8.14. The lowest BCUT2D eigenvalue weighted by Crippen LogP contribution is -2.39. The second-order valence-corrected chi connectivity index (χ2v) is 5.92. The molecule has 6 nitrogen and oxygen atoms in total. The van der Waals surface area contributed by atoms with E-state index in [0.29, 0.717) is 19.3 Å². The van der Waals surface area contributed by atoms with E-state index in [-0.39, 0.29) is 12.0 Å². The lowest BCUT2D eigenvalue weighted by atomic mass is 10.1. The van der Waals surface area contributed by atoms with Crippen LogP contribution in [0.3, 0.4) is 0 Å². The summed E-state index contributed by atoms with van der Waals surface area (Å²) in [5.41, 5.74) is 0. The number of ether oxygens (including phenoxy) is 2. The normalized spacial score (nSPS) is 18.9. The number of carbonyl (C=O) groups excluding carboxylic acids is 3. The van der Waals surface area contributed by atoms with E-state index in [0.717, 1.165) is 25.7 Å². The van der Waals surface area contributed by atoms with Crippen LogP contribution in [0.15, 0.2) is 0 Å². The van der Waals surface area contributed by atoms with Crippen LogP contribution in [0, 0.1) is 0 Å². The molecule has 0 aromatic heterocycles. The van der Waals surface area contributed by atoms with Crippen LogP contribution in [0.1, 0.15) is 65.7 Å². The lowest BCUT2D eigenvalue weighted by molar-refractivity contribution is -0.172. The molecule has 0 bridgehead atoms. The van der Waals surface area contributed by atoms with E-state index in [1.807, 2.05) is 0 Å². The van der Waals surface area contributed by atoms with Crippen LogP contribution in [-0.2, 0) is 23.9 Å². The van der Waals surface area contributed by atoms with Crippen LogP contribution < -0.4 is 5.32 Å². The van der Waals surface area contributed by atoms with E-state index in [1.165, 1.54) is 0 Å². The Kier molecular flexibility index (Phi) is 7.91. The van der Waals surface area contributed by atoms with Gasteiger partial charge in [-0.3, -0.25) is 4.79 Å². The molecule has 1 rings (SSSR count). The fraction of sp³-hybridized carbons (Fsp3) is 0.812. The third-order valence-electron chi connectivity index (χ3n) is 3.47. The van der Waals surface area contributed by atoms with E-state index in [2.05, 4.69) is 12.2 Å². The number of unbranched alkanes of at least 4 members (excludes halogenated alkanes) is 3. The smallest absolute Gasteiger partial charge is 0.347 e. The van der Waals surface area contributed by atoms with Crippen LogP contribution in [-0.4, -0.2) is 36.1 Å². The second-order valence-electron chi connectivity index (χ2n) is 5.92. The Bertz CT molecular complexity index is 394. The molecule has 0 aromatic rings. The predicted molar refractivity (Wildman–Crippen MR) is 81.0 cm³/mol. The van der Waals surface area contributed by atoms with E-state index in [9.17, 15) is 14.4 Å². The third kappa shape index (κ3) is 6.45. The molecule has 126 valence electrons. The van der Waals surface area contributed by atoms with Gasteiger partial charge in [-0.1, -0.05) is 26.2 Å². The molecule has 22 heavy (non-hydrogen) atoms. The van der Waals surface area contributed by atoms with Gasteiger partial charge in [-0.25, -0.2) is 9.59 Å². The Morgan fingerprint density at radius 1 is 1.23 bits per heavy atom. The second kappa shape index (κ2) is 9.43. The van der Waals surface area contributed by atoms with Crippen molar-refractivity contribution in [1.82, 2.24) is 5.32 Å². The minimum absolute atomic E-state index is 0.161. The first-order chi connectivity index (χ1) is 10.4. The van der Waals surface area contributed by atoms with Gasteiger partial charge in [0.05, 0.1) is 6.10 Å². The van der Waals surface area contributed by atoms with Crippen LogP contribution in [0.2, 0.25) is 0 Å². The van der Waals surface area contributed by atoms with Crippen molar-refractivity contribution in [2.24, 2.45) is 0 Å². The molecule has 2 atom stereocenters. The summed E-state index contributed by atoms with van der Waals surface area (Å²) in [6, 6.07) is -0.641. The van der Waals surface area contributed by atoms with Crippen molar-refractivity contribution in [3.05, 3.63) is 0 Å². The highest BCUT2D eigenvalue weighted by Gasteiger charge is 2.32. The van der Waals surface area contributed by atoms with Crippen molar-refractivity contribution < 1.29 is 23.9 Å². The largest absolute Gasteiger partial charge is 0.460 e. The predicted octanol–water partition coefficient (Wildman–Crippen LogP) is 2.10. The molecule has 1 aliphatic heterocycles. The summed E-state index contributed by atoms with van der Waals surface area (Å²) < 4.78 is 10.4. The zero-order valence-electron chi connectivity index (χ0n) is 13.7. The van der Waals surface area contributed by atoms with Crippen LogP contribution in [0.5, 0.6) is 0 Å². The minimum atomic E-state index is -0.885. The number of carbonyl (C=O) groups is 3. The van der Waals surface area contributed by atoms with Crippen molar-refractivity contribution in [1.29, 1.82) is 0 Å². The maximum atomic E-state index is 12.0. The monoisotopic (exact) mass is 313 g/mol. The molecule has 0 radical (unpaired) electrons. The van der Waals surface area contributed by atoms with Gasteiger partial charge in [-0.05, 0) is 33.1 Å². The molecule has 1 unspecified atom stereocenters. The van der Waals surface area contributed by atoms with E-state index >= 15 is 0 Å². The van der Waals surface area contributed by atoms with Gasteiger partial charge < -0.3 is 14.8 Å². The van der Waals surface area contributed by atoms with E-state index in [4.69, 9.17) is 9.47 Å². The van der Waals surface area contributed by atoms with Gasteiger partial charge in [0.25, 0.3) is 0 Å². The molecule has 0 aliphatic carbocycles. The molecule has 0 aromatic carbocycles. The molecule has 1 amide bonds. The molecular weight excluding hydrogens is 286 g/mol. The summed E-state index contributed by atoms with van der Waals surface area (Å²) in [6.07, 6.45) is 4.01. The number of hydrogen-bond donors (Lipinski definition) is 1. The fourth-order valence-corrected chi connectivity index (χ4v) is 2.30. The van der Waals surface area contributed by atoms with Gasteiger partial charge in [0.15, 0.2) is 6.10 Å². The van der Waals surface area contributed by atoms with Crippen molar-refractivity contribution in [3.8, 4) is 0 Å². The average molecular weight is 313 g/mol.